The summed E-state index contributed by atoms with van der Waals surface area (Å²) in [5, 5.41) is 0. The molecule has 0 radical (unpaired) electrons. The highest BCUT2D eigenvalue weighted by Gasteiger charge is 2.44. The molecule has 2 rings (SSSR count). The normalized spacial score (nSPS) is 18.2. The number of amides is 2. The number of likely N-dealkylation sites (N-methyl/N-ethyl adjacent to an activating group) is 3. The zero-order valence-electron chi connectivity index (χ0n) is 42.7. The molecule has 65 heavy (non-hydrogen) atoms. The van der Waals surface area contributed by atoms with Gasteiger partial charge in [-0.25, -0.2) is 0 Å². The molecule has 14 nitrogen and oxygen atoms in total. The van der Waals surface area contributed by atoms with Crippen molar-refractivity contribution in [3.8, 4) is 0 Å². The van der Waals surface area contributed by atoms with Gasteiger partial charge < -0.3 is 28.7 Å². The summed E-state index contributed by atoms with van der Waals surface area (Å²) in [4.78, 5) is 89.0. The van der Waals surface area contributed by atoms with Crippen molar-refractivity contribution < 1.29 is 47.7 Å². The zero-order chi connectivity index (χ0) is 49.2. The lowest BCUT2D eigenvalue weighted by Gasteiger charge is -2.42. The van der Waals surface area contributed by atoms with Crippen LogP contribution in [0, 0.1) is 35.5 Å². The van der Waals surface area contributed by atoms with Crippen molar-refractivity contribution in [3.05, 3.63) is 35.9 Å². The second-order valence-corrected chi connectivity index (χ2v) is 19.9. The Morgan fingerprint density at radius 3 is 2.05 bits per heavy atom. The molecule has 0 saturated carbocycles. The summed E-state index contributed by atoms with van der Waals surface area (Å²) in [6, 6.07) is 8.30. The van der Waals surface area contributed by atoms with Crippen molar-refractivity contribution in [1.29, 1.82) is 0 Å². The highest BCUT2D eigenvalue weighted by atomic mass is 16.5. The number of ether oxygens (including phenoxy) is 4. The highest BCUT2D eigenvalue weighted by Crippen LogP contribution is 2.32. The predicted molar refractivity (Wildman–Crippen MR) is 254 cm³/mol. The average molecular weight is 915 g/mol. The van der Waals surface area contributed by atoms with Crippen LogP contribution in [-0.2, 0) is 54.1 Å². The second-order valence-electron chi connectivity index (χ2n) is 19.9. The molecule has 0 unspecified atom stereocenters. The third-order valence-electron chi connectivity index (χ3n) is 13.9. The van der Waals surface area contributed by atoms with Crippen molar-refractivity contribution >= 4 is 35.8 Å². The molecule has 1 aromatic carbocycles. The summed E-state index contributed by atoms with van der Waals surface area (Å²) in [6.07, 6.45) is 1.18. The van der Waals surface area contributed by atoms with Gasteiger partial charge in [-0.3, -0.25) is 38.6 Å². The molecular formula is C51H86N4O10. The molecule has 1 saturated heterocycles. The van der Waals surface area contributed by atoms with Crippen LogP contribution in [0.15, 0.2) is 30.3 Å². The molecule has 0 aliphatic carbocycles. The fourth-order valence-corrected chi connectivity index (χ4v) is 9.41. The maximum Gasteiger partial charge on any atom is 0.309 e. The Kier molecular flexibility index (Phi) is 24.6. The molecule has 1 heterocycles. The molecule has 9 atom stereocenters. The molecule has 0 bridgehead atoms. The van der Waals surface area contributed by atoms with Crippen LogP contribution in [-0.4, -0.2) is 153 Å². The maximum atomic E-state index is 14.6. The molecule has 1 aromatic rings. The van der Waals surface area contributed by atoms with Gasteiger partial charge in [0, 0.05) is 64.6 Å². The van der Waals surface area contributed by atoms with Crippen molar-refractivity contribution in [2.45, 2.75) is 157 Å². The first-order valence-electron chi connectivity index (χ1n) is 24.0. The SMILES string of the molecule is CC[C@H](C)[C@@H]([C@@H](CC(=O)N1CCC[C@H]1[C@H](OC)[C@@H](C)C(=O)C[C@@H](Cc1ccccc1)C(=O)OCCN(CC)COC=O)OC)N(C)C(=O)[C@@H](CC(=O)[C@H](C(C)C)N(C)C(C)(C)C)C(C)C. The number of benzene rings is 1. The Balaban J connectivity index is 2.31. The van der Waals surface area contributed by atoms with Gasteiger partial charge in [0.1, 0.15) is 19.1 Å². The number of carbonyl (C=O) groups excluding carboxylic acids is 6. The van der Waals surface area contributed by atoms with E-state index in [2.05, 4.69) is 39.5 Å². The summed E-state index contributed by atoms with van der Waals surface area (Å²) < 4.78 is 22.7. The third-order valence-corrected chi connectivity index (χ3v) is 13.9. The third kappa shape index (κ3) is 16.8. The van der Waals surface area contributed by atoms with Crippen molar-refractivity contribution in [2.24, 2.45) is 35.5 Å². The first kappa shape index (κ1) is 57.4. The lowest BCUT2D eigenvalue weighted by Crippen LogP contribution is -2.55. The highest BCUT2D eigenvalue weighted by molar-refractivity contribution is 5.90. The topological polar surface area (TPSA) is 152 Å². The Morgan fingerprint density at radius 2 is 1.52 bits per heavy atom. The summed E-state index contributed by atoms with van der Waals surface area (Å²) in [7, 11) is 6.87. The molecule has 0 aromatic heterocycles. The molecule has 0 N–H and O–H groups in total. The number of likely N-dealkylation sites (tertiary alicyclic amines) is 1. The number of nitrogens with zero attached hydrogens (tertiary/aromatic N) is 4. The molecule has 370 valence electrons. The first-order valence-corrected chi connectivity index (χ1v) is 24.0. The zero-order valence-corrected chi connectivity index (χ0v) is 42.7. The molecule has 0 spiro atoms. The summed E-state index contributed by atoms with van der Waals surface area (Å²) >= 11 is 0. The number of hydrogen-bond acceptors (Lipinski definition) is 12. The Morgan fingerprint density at radius 1 is 0.877 bits per heavy atom. The molecule has 1 fully saturated rings. The van der Waals surface area contributed by atoms with Gasteiger partial charge in [0.2, 0.25) is 11.8 Å². The van der Waals surface area contributed by atoms with Crippen LogP contribution in [0.2, 0.25) is 0 Å². The van der Waals surface area contributed by atoms with Crippen LogP contribution in [0.4, 0.5) is 0 Å². The number of esters is 1. The number of hydrogen-bond donors (Lipinski definition) is 0. The minimum atomic E-state index is -0.748. The monoisotopic (exact) mass is 915 g/mol. The van der Waals surface area contributed by atoms with Crippen LogP contribution < -0.4 is 0 Å². The smallest absolute Gasteiger partial charge is 0.309 e. The largest absolute Gasteiger partial charge is 0.464 e. The maximum absolute atomic E-state index is 14.6. The second kappa shape index (κ2) is 27.8. The van der Waals surface area contributed by atoms with E-state index in [4.69, 9.17) is 18.9 Å². The van der Waals surface area contributed by atoms with Crippen LogP contribution in [0.5, 0.6) is 0 Å². The number of methoxy groups -OCH3 is 2. The molecule has 2 amide bonds. The lowest BCUT2D eigenvalue weighted by molar-refractivity contribution is -0.152. The van der Waals surface area contributed by atoms with Gasteiger partial charge >= 0.3 is 5.97 Å². The summed E-state index contributed by atoms with van der Waals surface area (Å²) in [5.74, 6) is -2.93. The fourth-order valence-electron chi connectivity index (χ4n) is 9.41. The van der Waals surface area contributed by atoms with E-state index in [1.54, 1.807) is 38.0 Å². The van der Waals surface area contributed by atoms with Gasteiger partial charge in [-0.05, 0) is 76.9 Å². The summed E-state index contributed by atoms with van der Waals surface area (Å²) in [6.45, 7) is 24.1. The quantitative estimate of drug-likeness (QED) is 0.0459. The Labute approximate surface area is 391 Å². The molecule has 1 aliphatic heterocycles. The van der Waals surface area contributed by atoms with Crippen LogP contribution >= 0.6 is 0 Å². The van der Waals surface area contributed by atoms with E-state index >= 15 is 0 Å². The van der Waals surface area contributed by atoms with Gasteiger partial charge in [0.05, 0.1) is 42.7 Å². The van der Waals surface area contributed by atoms with E-state index in [-0.39, 0.29) is 85.3 Å². The molecule has 14 heteroatoms. The van der Waals surface area contributed by atoms with E-state index in [0.717, 1.165) is 18.4 Å². The first-order chi connectivity index (χ1) is 30.6. The molecular weight excluding hydrogens is 829 g/mol. The van der Waals surface area contributed by atoms with Crippen molar-refractivity contribution in [3.63, 3.8) is 0 Å². The Hall–Kier alpha value is -3.72. The van der Waals surface area contributed by atoms with Crippen LogP contribution in [0.3, 0.4) is 0 Å². The Bertz CT molecular complexity index is 1630. The van der Waals surface area contributed by atoms with E-state index in [1.807, 2.05) is 76.9 Å². The molecule has 1 aliphatic rings. The van der Waals surface area contributed by atoms with Gasteiger partial charge in [-0.1, -0.05) is 92.1 Å². The van der Waals surface area contributed by atoms with Crippen molar-refractivity contribution in [1.82, 2.24) is 19.6 Å². The van der Waals surface area contributed by atoms with E-state index < -0.39 is 48.0 Å². The van der Waals surface area contributed by atoms with E-state index in [0.29, 0.717) is 38.9 Å². The van der Waals surface area contributed by atoms with Crippen LogP contribution in [0.25, 0.3) is 0 Å². The standard InChI is InChI=1S/C51H86N4O10/c1-16-36(7)47(52(12)49(60)40(34(3)4)30-43(58)46(35(5)6)53(13)51(9,10)11)44(62-14)31-45(59)55-25-21-24-41(55)48(63-15)37(8)42(57)29-39(28-38-22-19-18-20-23-38)50(61)65-27-26-54(17-2)32-64-33-56/h18-20,22-23,33-37,39-41,44,46-48H,16-17,21,24-32H2,1-15H3/t36-,37-,39+,40-,41-,44+,46-,47-,48+/m0/s1. The number of Topliss-reactive ketones (excluding diaryl/α,β-unsaturated/α-hetero) is 2. The predicted octanol–water partition coefficient (Wildman–Crippen LogP) is 6.71. The minimum absolute atomic E-state index is 0.0111. The lowest BCUT2D eigenvalue weighted by atomic mass is 9.83. The van der Waals surface area contributed by atoms with Gasteiger partial charge in [0.15, 0.2) is 5.78 Å². The number of rotatable bonds is 30. The summed E-state index contributed by atoms with van der Waals surface area (Å²) in [5.41, 5.74) is 0.660. The number of carbonyl (C=O) groups is 6. The average Bonchev–Trinajstić information content (AvgIpc) is 3.75. The van der Waals surface area contributed by atoms with E-state index in [9.17, 15) is 28.8 Å². The minimum Gasteiger partial charge on any atom is -0.464 e. The van der Waals surface area contributed by atoms with Crippen LogP contribution in [0.1, 0.15) is 120 Å². The van der Waals surface area contributed by atoms with Crippen molar-refractivity contribution in [2.75, 3.05) is 61.3 Å². The van der Waals surface area contributed by atoms with Gasteiger partial charge in [0.25, 0.3) is 6.47 Å². The van der Waals surface area contributed by atoms with E-state index in [1.165, 1.54) is 0 Å². The van der Waals surface area contributed by atoms with Gasteiger partial charge in [-0.2, -0.15) is 0 Å². The fraction of sp³-hybridized carbons (Fsp3) is 0.765. The van der Waals surface area contributed by atoms with Gasteiger partial charge in [-0.15, -0.1) is 0 Å². The number of ketones is 2.